The predicted octanol–water partition coefficient (Wildman–Crippen LogP) is 5.59. The highest BCUT2D eigenvalue weighted by molar-refractivity contribution is 6.42. The summed E-state index contributed by atoms with van der Waals surface area (Å²) in [5, 5.41) is 3.62. The maximum Gasteiger partial charge on any atom is 0.256 e. The van der Waals surface area contributed by atoms with Crippen LogP contribution >= 0.6 is 23.2 Å². The smallest absolute Gasteiger partial charge is 0.256 e. The number of aromatic amines is 1. The van der Waals surface area contributed by atoms with E-state index in [9.17, 15) is 4.79 Å². The Hall–Kier alpha value is -3.29. The second-order valence-electron chi connectivity index (χ2n) is 6.55. The first-order chi connectivity index (χ1) is 15.0. The van der Waals surface area contributed by atoms with Crippen LogP contribution in [0.4, 0.5) is 5.82 Å². The molecule has 0 aliphatic rings. The van der Waals surface area contributed by atoms with Crippen LogP contribution in [0.1, 0.15) is 17.3 Å². The molecule has 0 bridgehead atoms. The minimum atomic E-state index is -0.312. The van der Waals surface area contributed by atoms with Crippen LogP contribution in [0, 0.1) is 0 Å². The molecule has 9 heteroatoms. The molecule has 0 aliphatic heterocycles. The van der Waals surface area contributed by atoms with Crippen LogP contribution < -0.4 is 14.8 Å². The molecule has 0 unspecified atom stereocenters. The van der Waals surface area contributed by atoms with Gasteiger partial charge in [-0.3, -0.25) is 4.79 Å². The summed E-state index contributed by atoms with van der Waals surface area (Å²) in [6.45, 7) is 2.30. The molecule has 0 saturated carbocycles. The van der Waals surface area contributed by atoms with Crippen LogP contribution in [0.3, 0.4) is 0 Å². The fourth-order valence-corrected chi connectivity index (χ4v) is 3.35. The third-order valence-corrected chi connectivity index (χ3v) is 5.26. The van der Waals surface area contributed by atoms with Gasteiger partial charge >= 0.3 is 0 Å². The van der Waals surface area contributed by atoms with Gasteiger partial charge in [-0.1, -0.05) is 23.2 Å². The molecule has 4 rings (SSSR count). The summed E-state index contributed by atoms with van der Waals surface area (Å²) in [6, 6.07) is 12.0. The molecule has 4 aromatic rings. The number of nitrogens with zero attached hydrogens (tertiary/aromatic N) is 2. The van der Waals surface area contributed by atoms with Gasteiger partial charge in [-0.25, -0.2) is 9.97 Å². The molecular weight excluding hydrogens is 439 g/mol. The highest BCUT2D eigenvalue weighted by Crippen LogP contribution is 2.33. The van der Waals surface area contributed by atoms with Crippen LogP contribution in [0.15, 0.2) is 48.7 Å². The third-order valence-electron chi connectivity index (χ3n) is 4.54. The number of anilines is 1. The lowest BCUT2D eigenvalue weighted by Crippen LogP contribution is -2.13. The van der Waals surface area contributed by atoms with Gasteiger partial charge in [0.15, 0.2) is 0 Å². The Kier molecular flexibility index (Phi) is 5.97. The minimum Gasteiger partial charge on any atom is -0.495 e. The minimum absolute atomic E-state index is 0.312. The zero-order valence-corrected chi connectivity index (χ0v) is 18.2. The first-order valence-electron chi connectivity index (χ1n) is 9.42. The maximum absolute atomic E-state index is 12.7. The topological polar surface area (TPSA) is 89.1 Å². The molecular formula is C22H18Cl2N4O3. The van der Waals surface area contributed by atoms with Crippen LogP contribution in [-0.4, -0.2) is 34.6 Å². The van der Waals surface area contributed by atoms with E-state index in [1.807, 2.05) is 6.92 Å². The number of imidazole rings is 1. The van der Waals surface area contributed by atoms with Gasteiger partial charge in [0.2, 0.25) is 0 Å². The Morgan fingerprint density at radius 3 is 2.65 bits per heavy atom. The van der Waals surface area contributed by atoms with E-state index in [-0.39, 0.29) is 5.91 Å². The number of fused-ring (bicyclic) bond motifs is 1. The molecule has 2 N–H and O–H groups in total. The number of pyridine rings is 1. The number of halogens is 2. The number of ether oxygens (including phenoxy) is 2. The Balaban J connectivity index is 1.65. The van der Waals surface area contributed by atoms with Crippen molar-refractivity contribution in [3.63, 3.8) is 0 Å². The van der Waals surface area contributed by atoms with Gasteiger partial charge in [-0.05, 0) is 49.4 Å². The molecule has 7 nitrogen and oxygen atoms in total. The largest absolute Gasteiger partial charge is 0.495 e. The lowest BCUT2D eigenvalue weighted by atomic mass is 10.1. The lowest BCUT2D eigenvalue weighted by Gasteiger charge is -2.11. The van der Waals surface area contributed by atoms with Crippen molar-refractivity contribution in [2.45, 2.75) is 6.92 Å². The van der Waals surface area contributed by atoms with Crippen molar-refractivity contribution in [1.29, 1.82) is 0 Å². The van der Waals surface area contributed by atoms with E-state index in [0.717, 1.165) is 5.52 Å². The van der Waals surface area contributed by atoms with Crippen molar-refractivity contribution in [3.05, 3.63) is 64.3 Å². The number of aromatic nitrogens is 3. The zero-order chi connectivity index (χ0) is 22.0. The summed E-state index contributed by atoms with van der Waals surface area (Å²) in [4.78, 5) is 24.7. The number of amides is 1. The number of H-pyrrole nitrogens is 1. The first-order valence-corrected chi connectivity index (χ1v) is 10.2. The molecule has 0 atom stereocenters. The molecule has 2 aromatic heterocycles. The Morgan fingerprint density at radius 1 is 1.13 bits per heavy atom. The van der Waals surface area contributed by atoms with Gasteiger partial charge in [0, 0.05) is 5.56 Å². The molecule has 31 heavy (non-hydrogen) atoms. The molecule has 0 spiro atoms. The van der Waals surface area contributed by atoms with Crippen LogP contribution in [0.5, 0.6) is 11.5 Å². The molecule has 2 heterocycles. The van der Waals surface area contributed by atoms with E-state index in [0.29, 0.717) is 56.4 Å². The SMILES string of the molecule is CCOc1cc(C(=O)Nc2ccc(OC)cn2)ccc1-c1nc2cc(Cl)c(Cl)cc2[nH]1. The molecule has 1 amide bonds. The molecule has 0 fully saturated rings. The fraction of sp³-hybridized carbons (Fsp3) is 0.136. The molecule has 2 aromatic carbocycles. The monoisotopic (exact) mass is 456 g/mol. The normalized spacial score (nSPS) is 10.8. The number of benzene rings is 2. The summed E-state index contributed by atoms with van der Waals surface area (Å²) in [7, 11) is 1.55. The number of carbonyl (C=O) groups excluding carboxylic acids is 1. The van der Waals surface area contributed by atoms with Crippen LogP contribution in [0.25, 0.3) is 22.4 Å². The highest BCUT2D eigenvalue weighted by atomic mass is 35.5. The average molecular weight is 457 g/mol. The quantitative estimate of drug-likeness (QED) is 0.394. The second kappa shape index (κ2) is 8.83. The fourth-order valence-electron chi connectivity index (χ4n) is 3.03. The Labute approximate surface area is 188 Å². The van der Waals surface area contributed by atoms with Crippen molar-refractivity contribution < 1.29 is 14.3 Å². The van der Waals surface area contributed by atoms with Crippen molar-refractivity contribution in [1.82, 2.24) is 15.0 Å². The van der Waals surface area contributed by atoms with Gasteiger partial charge in [0.05, 0.1) is 46.6 Å². The maximum atomic E-state index is 12.7. The summed E-state index contributed by atoms with van der Waals surface area (Å²) < 4.78 is 10.9. The van der Waals surface area contributed by atoms with Crippen LogP contribution in [0.2, 0.25) is 10.0 Å². The van der Waals surface area contributed by atoms with E-state index in [1.54, 1.807) is 49.6 Å². The number of carbonyl (C=O) groups is 1. The third kappa shape index (κ3) is 4.42. The number of hydrogen-bond acceptors (Lipinski definition) is 5. The molecule has 0 radical (unpaired) electrons. The van der Waals surface area contributed by atoms with Gasteiger partial charge < -0.3 is 19.8 Å². The van der Waals surface area contributed by atoms with E-state index in [1.165, 1.54) is 6.20 Å². The number of hydrogen-bond donors (Lipinski definition) is 2. The van der Waals surface area contributed by atoms with E-state index < -0.39 is 0 Å². The molecule has 0 saturated heterocycles. The number of nitrogens with one attached hydrogen (secondary N) is 2. The van der Waals surface area contributed by atoms with E-state index in [2.05, 4.69) is 20.3 Å². The standard InChI is InChI=1S/C22H18Cl2N4O3/c1-3-31-19-8-12(22(29)28-20-7-5-13(30-2)11-25-20)4-6-14(19)21-26-17-9-15(23)16(24)10-18(17)27-21/h4-11H,3H2,1-2H3,(H,26,27)(H,25,28,29). The van der Waals surface area contributed by atoms with Gasteiger partial charge in [0.1, 0.15) is 23.1 Å². The van der Waals surface area contributed by atoms with Crippen molar-refractivity contribution >= 4 is 46.0 Å². The zero-order valence-electron chi connectivity index (χ0n) is 16.7. The second-order valence-corrected chi connectivity index (χ2v) is 7.36. The van der Waals surface area contributed by atoms with Crippen molar-refractivity contribution in [3.8, 4) is 22.9 Å². The van der Waals surface area contributed by atoms with Crippen molar-refractivity contribution in [2.24, 2.45) is 0 Å². The Morgan fingerprint density at radius 2 is 1.94 bits per heavy atom. The summed E-state index contributed by atoms with van der Waals surface area (Å²) in [5.74, 6) is 1.82. The van der Waals surface area contributed by atoms with Gasteiger partial charge in [-0.15, -0.1) is 0 Å². The predicted molar refractivity (Wildman–Crippen MR) is 121 cm³/mol. The van der Waals surface area contributed by atoms with E-state index >= 15 is 0 Å². The molecule has 0 aliphatic carbocycles. The average Bonchev–Trinajstić information content (AvgIpc) is 3.17. The number of rotatable bonds is 6. The van der Waals surface area contributed by atoms with Crippen molar-refractivity contribution in [2.75, 3.05) is 19.0 Å². The van der Waals surface area contributed by atoms with Gasteiger partial charge in [-0.2, -0.15) is 0 Å². The summed E-state index contributed by atoms with van der Waals surface area (Å²) >= 11 is 12.2. The molecule has 158 valence electrons. The highest BCUT2D eigenvalue weighted by Gasteiger charge is 2.16. The summed E-state index contributed by atoms with van der Waals surface area (Å²) in [6.07, 6.45) is 1.53. The van der Waals surface area contributed by atoms with Crippen LogP contribution in [-0.2, 0) is 0 Å². The number of methoxy groups -OCH3 is 1. The van der Waals surface area contributed by atoms with E-state index in [4.69, 9.17) is 32.7 Å². The first kappa shape index (κ1) is 21.0. The van der Waals surface area contributed by atoms with Gasteiger partial charge in [0.25, 0.3) is 5.91 Å². The lowest BCUT2D eigenvalue weighted by molar-refractivity contribution is 0.102. The summed E-state index contributed by atoms with van der Waals surface area (Å²) in [5.41, 5.74) is 2.56. The Bertz CT molecular complexity index is 1220.